The maximum atomic E-state index is 10.3. The van der Waals surface area contributed by atoms with E-state index in [-0.39, 0.29) is 0 Å². The standard InChI is InChI=1S/C34H33ClO/c1-22-11-13-25(14-12-22)32-29-20-17-26(24-15-18-28(19-16-24)34(3,4)36)21-27(29)8-6-9-30(32)31-10-5-7-23(2)33(31)35/h5,7,10-21,36H,6,8-9H2,1-4H3. The predicted octanol–water partition coefficient (Wildman–Crippen LogP) is 9.15. The van der Waals surface area contributed by atoms with Crippen molar-refractivity contribution in [3.8, 4) is 11.1 Å². The molecule has 0 saturated carbocycles. The minimum Gasteiger partial charge on any atom is -0.386 e. The van der Waals surface area contributed by atoms with Gasteiger partial charge in [-0.2, -0.15) is 0 Å². The maximum Gasteiger partial charge on any atom is 0.0840 e. The molecule has 2 heteroatoms. The highest BCUT2D eigenvalue weighted by Gasteiger charge is 2.22. The molecule has 0 heterocycles. The van der Waals surface area contributed by atoms with E-state index in [0.717, 1.165) is 46.5 Å². The fourth-order valence-corrected chi connectivity index (χ4v) is 5.48. The summed E-state index contributed by atoms with van der Waals surface area (Å²) in [4.78, 5) is 0. The average molecular weight is 493 g/mol. The summed E-state index contributed by atoms with van der Waals surface area (Å²) in [6.45, 7) is 7.86. The second-order valence-electron chi connectivity index (χ2n) is 10.5. The van der Waals surface area contributed by atoms with E-state index in [1.165, 1.54) is 39.0 Å². The number of fused-ring (bicyclic) bond motifs is 1. The zero-order chi connectivity index (χ0) is 25.4. The van der Waals surface area contributed by atoms with Gasteiger partial charge in [0, 0.05) is 0 Å². The molecule has 0 atom stereocenters. The minimum absolute atomic E-state index is 0.840. The van der Waals surface area contributed by atoms with Crippen LogP contribution in [0.4, 0.5) is 0 Å². The summed E-state index contributed by atoms with van der Waals surface area (Å²) < 4.78 is 0. The Balaban J connectivity index is 1.68. The highest BCUT2D eigenvalue weighted by atomic mass is 35.5. The molecular formula is C34H33ClO. The first kappa shape index (κ1) is 24.6. The van der Waals surface area contributed by atoms with Crippen LogP contribution in [-0.2, 0) is 12.0 Å². The Morgan fingerprint density at radius 1 is 0.722 bits per heavy atom. The highest BCUT2D eigenvalue weighted by Crippen LogP contribution is 2.43. The van der Waals surface area contributed by atoms with Crippen LogP contribution in [0.3, 0.4) is 0 Å². The minimum atomic E-state index is -0.840. The smallest absolute Gasteiger partial charge is 0.0840 e. The van der Waals surface area contributed by atoms with Gasteiger partial charge in [0.05, 0.1) is 10.6 Å². The summed E-state index contributed by atoms with van der Waals surface area (Å²) in [5.41, 5.74) is 12.5. The molecule has 0 saturated heterocycles. The molecule has 1 nitrogen and oxygen atoms in total. The van der Waals surface area contributed by atoms with Gasteiger partial charge in [0.2, 0.25) is 0 Å². The lowest BCUT2D eigenvalue weighted by atomic mass is 9.86. The number of hydrogen-bond donors (Lipinski definition) is 1. The first-order valence-corrected chi connectivity index (χ1v) is 13.1. The van der Waals surface area contributed by atoms with Crippen LogP contribution in [0.25, 0.3) is 22.3 Å². The van der Waals surface area contributed by atoms with Gasteiger partial charge in [-0.3, -0.25) is 0 Å². The van der Waals surface area contributed by atoms with Crippen LogP contribution in [0.5, 0.6) is 0 Å². The molecule has 5 rings (SSSR count). The third-order valence-corrected chi connectivity index (χ3v) is 7.83. The zero-order valence-electron chi connectivity index (χ0n) is 21.5. The van der Waals surface area contributed by atoms with Gasteiger partial charge in [-0.1, -0.05) is 102 Å². The van der Waals surface area contributed by atoms with Crippen LogP contribution in [-0.4, -0.2) is 5.11 Å². The Hall–Kier alpha value is -3.13. The third kappa shape index (κ3) is 4.78. The van der Waals surface area contributed by atoms with E-state index in [0.29, 0.717) is 0 Å². The lowest BCUT2D eigenvalue weighted by molar-refractivity contribution is 0.0786. The molecule has 0 unspecified atom stereocenters. The van der Waals surface area contributed by atoms with Crippen molar-refractivity contribution in [1.29, 1.82) is 0 Å². The van der Waals surface area contributed by atoms with Crippen molar-refractivity contribution < 1.29 is 5.11 Å². The molecular weight excluding hydrogens is 460 g/mol. The zero-order valence-corrected chi connectivity index (χ0v) is 22.3. The van der Waals surface area contributed by atoms with Crippen molar-refractivity contribution >= 4 is 22.7 Å². The van der Waals surface area contributed by atoms with Crippen molar-refractivity contribution in [3.63, 3.8) is 0 Å². The number of rotatable bonds is 4. The molecule has 4 aromatic rings. The van der Waals surface area contributed by atoms with E-state index in [4.69, 9.17) is 11.6 Å². The lowest BCUT2D eigenvalue weighted by Gasteiger charge is -2.19. The number of hydrogen-bond acceptors (Lipinski definition) is 1. The number of aryl methyl sites for hydroxylation is 3. The number of allylic oxidation sites excluding steroid dienone is 1. The number of aliphatic hydroxyl groups is 1. The molecule has 0 amide bonds. The molecule has 0 aromatic heterocycles. The Morgan fingerprint density at radius 2 is 1.39 bits per heavy atom. The Kier molecular flexibility index (Phi) is 6.64. The van der Waals surface area contributed by atoms with Crippen molar-refractivity contribution in [2.45, 2.75) is 52.6 Å². The van der Waals surface area contributed by atoms with Crippen LogP contribution < -0.4 is 0 Å². The fraction of sp³-hybridized carbons (Fsp3) is 0.235. The van der Waals surface area contributed by atoms with Gasteiger partial charge < -0.3 is 5.11 Å². The van der Waals surface area contributed by atoms with Gasteiger partial charge >= 0.3 is 0 Å². The van der Waals surface area contributed by atoms with Crippen molar-refractivity contribution in [3.05, 3.63) is 129 Å². The van der Waals surface area contributed by atoms with E-state index < -0.39 is 5.60 Å². The second-order valence-corrected chi connectivity index (χ2v) is 10.9. The molecule has 0 radical (unpaired) electrons. The Morgan fingerprint density at radius 3 is 2.08 bits per heavy atom. The van der Waals surface area contributed by atoms with E-state index in [1.807, 2.05) is 26.0 Å². The van der Waals surface area contributed by atoms with E-state index in [1.54, 1.807) is 0 Å². The van der Waals surface area contributed by atoms with Gasteiger partial charge in [-0.05, 0) is 103 Å². The van der Waals surface area contributed by atoms with E-state index in [2.05, 4.69) is 86.6 Å². The van der Waals surface area contributed by atoms with Crippen molar-refractivity contribution in [2.75, 3.05) is 0 Å². The predicted molar refractivity (Wildman–Crippen MR) is 153 cm³/mol. The van der Waals surface area contributed by atoms with Gasteiger partial charge in [-0.15, -0.1) is 0 Å². The summed E-state index contributed by atoms with van der Waals surface area (Å²) in [7, 11) is 0. The summed E-state index contributed by atoms with van der Waals surface area (Å²) in [5.74, 6) is 0. The summed E-state index contributed by atoms with van der Waals surface area (Å²) in [6.07, 6.45) is 3.08. The largest absolute Gasteiger partial charge is 0.386 e. The normalized spacial score (nSPS) is 13.9. The Bertz CT molecular complexity index is 1430. The molecule has 0 aliphatic heterocycles. The molecule has 36 heavy (non-hydrogen) atoms. The second kappa shape index (κ2) is 9.73. The molecule has 0 bridgehead atoms. The summed E-state index contributed by atoms with van der Waals surface area (Å²) >= 11 is 6.88. The quantitative estimate of drug-likeness (QED) is 0.301. The van der Waals surface area contributed by atoms with Crippen LogP contribution in [0.15, 0.2) is 84.9 Å². The van der Waals surface area contributed by atoms with Gasteiger partial charge in [0.1, 0.15) is 0 Å². The van der Waals surface area contributed by atoms with Crippen LogP contribution in [0.1, 0.15) is 65.6 Å². The first-order valence-electron chi connectivity index (χ1n) is 12.7. The first-order chi connectivity index (χ1) is 17.2. The summed E-state index contributed by atoms with van der Waals surface area (Å²) in [5, 5.41) is 11.2. The molecule has 0 fully saturated rings. The van der Waals surface area contributed by atoms with Crippen molar-refractivity contribution in [2.24, 2.45) is 0 Å². The average Bonchev–Trinajstić information content (AvgIpc) is 3.05. The molecule has 1 aliphatic carbocycles. The maximum absolute atomic E-state index is 10.3. The molecule has 182 valence electrons. The van der Waals surface area contributed by atoms with Gasteiger partial charge in [0.25, 0.3) is 0 Å². The molecule has 1 aliphatic rings. The van der Waals surface area contributed by atoms with E-state index >= 15 is 0 Å². The van der Waals surface area contributed by atoms with Gasteiger partial charge in [0.15, 0.2) is 0 Å². The number of benzene rings is 4. The molecule has 4 aromatic carbocycles. The topological polar surface area (TPSA) is 20.2 Å². The lowest BCUT2D eigenvalue weighted by Crippen LogP contribution is -2.14. The van der Waals surface area contributed by atoms with Crippen LogP contribution in [0, 0.1) is 13.8 Å². The SMILES string of the molecule is Cc1ccc(C2=C(c3cccc(C)c3Cl)CCCc3cc(-c4ccc(C(C)(C)O)cc4)ccc32)cc1. The van der Waals surface area contributed by atoms with Crippen LogP contribution >= 0.6 is 11.6 Å². The highest BCUT2D eigenvalue weighted by molar-refractivity contribution is 6.33. The molecule has 1 N–H and O–H groups in total. The summed E-state index contributed by atoms with van der Waals surface area (Å²) in [6, 6.07) is 30.4. The van der Waals surface area contributed by atoms with Crippen molar-refractivity contribution in [1.82, 2.24) is 0 Å². The Labute approximate surface area is 220 Å². The monoisotopic (exact) mass is 492 g/mol. The molecule has 0 spiro atoms. The van der Waals surface area contributed by atoms with Crippen LogP contribution in [0.2, 0.25) is 5.02 Å². The number of halogens is 1. The van der Waals surface area contributed by atoms with Gasteiger partial charge in [-0.25, -0.2) is 0 Å². The third-order valence-electron chi connectivity index (χ3n) is 7.33. The fourth-order valence-electron chi connectivity index (χ4n) is 5.24. The van der Waals surface area contributed by atoms with E-state index in [9.17, 15) is 5.11 Å².